The van der Waals surface area contributed by atoms with Crippen LogP contribution in [0.1, 0.15) is 12.5 Å². The lowest BCUT2D eigenvalue weighted by atomic mass is 10.2. The van der Waals surface area contributed by atoms with Crippen LogP contribution in [-0.2, 0) is 6.54 Å². The molecule has 0 amide bonds. The van der Waals surface area contributed by atoms with E-state index in [4.69, 9.17) is 0 Å². The maximum atomic E-state index is 4.15. The Morgan fingerprint density at radius 2 is 1.94 bits per heavy atom. The molecule has 0 aromatic carbocycles. The normalized spacial score (nSPS) is 18.9. The monoisotopic (exact) mass is 283 g/mol. The van der Waals surface area contributed by atoms with Gasteiger partial charge in [0.2, 0.25) is 0 Å². The molecular formula is C12H18BrN3. The number of aromatic nitrogens is 1. The first-order valence-corrected chi connectivity index (χ1v) is 6.62. The van der Waals surface area contributed by atoms with Gasteiger partial charge in [-0.1, -0.05) is 6.92 Å². The smallest absolute Gasteiger partial charge is 0.106 e. The summed E-state index contributed by atoms with van der Waals surface area (Å²) in [5, 5.41) is 0. The number of likely N-dealkylation sites (N-methyl/N-ethyl adjacent to an activating group) is 1. The van der Waals surface area contributed by atoms with Gasteiger partial charge in [0.25, 0.3) is 0 Å². The van der Waals surface area contributed by atoms with E-state index in [0.717, 1.165) is 11.1 Å². The Bertz CT molecular complexity index is 335. The fourth-order valence-corrected chi connectivity index (χ4v) is 2.48. The molecule has 0 aliphatic carbocycles. The Labute approximate surface area is 106 Å². The molecule has 0 unspecified atom stereocenters. The molecule has 0 atom stereocenters. The van der Waals surface area contributed by atoms with Crippen molar-refractivity contribution in [2.75, 3.05) is 32.7 Å². The largest absolute Gasteiger partial charge is 0.301 e. The van der Waals surface area contributed by atoms with Gasteiger partial charge in [-0.3, -0.25) is 4.90 Å². The van der Waals surface area contributed by atoms with E-state index in [2.05, 4.69) is 49.8 Å². The predicted octanol–water partition coefficient (Wildman–Crippen LogP) is 1.98. The standard InChI is InChI=1S/C12H18BrN3/c1-2-15-5-7-16(8-6-15)10-11-3-4-14-12(13)9-11/h3-4,9H,2,5-8,10H2,1H3. The van der Waals surface area contributed by atoms with Crippen LogP contribution in [0.15, 0.2) is 22.9 Å². The highest BCUT2D eigenvalue weighted by Gasteiger charge is 2.15. The zero-order chi connectivity index (χ0) is 11.4. The first-order chi connectivity index (χ1) is 7.78. The summed E-state index contributed by atoms with van der Waals surface area (Å²) in [4.78, 5) is 9.15. The van der Waals surface area contributed by atoms with Gasteiger partial charge in [-0.05, 0) is 40.2 Å². The van der Waals surface area contributed by atoms with Gasteiger partial charge in [-0.15, -0.1) is 0 Å². The third-order valence-electron chi connectivity index (χ3n) is 3.11. The van der Waals surface area contributed by atoms with Crippen molar-refractivity contribution in [1.29, 1.82) is 0 Å². The molecule has 0 radical (unpaired) electrons. The van der Waals surface area contributed by atoms with E-state index in [1.54, 1.807) is 0 Å². The van der Waals surface area contributed by atoms with E-state index in [9.17, 15) is 0 Å². The quantitative estimate of drug-likeness (QED) is 0.791. The summed E-state index contributed by atoms with van der Waals surface area (Å²) in [6, 6.07) is 4.20. The molecule has 1 aromatic heterocycles. The molecule has 1 saturated heterocycles. The van der Waals surface area contributed by atoms with Gasteiger partial charge in [0.05, 0.1) is 0 Å². The van der Waals surface area contributed by atoms with Crippen molar-refractivity contribution in [1.82, 2.24) is 14.8 Å². The van der Waals surface area contributed by atoms with Crippen LogP contribution in [0.4, 0.5) is 0 Å². The lowest BCUT2D eigenvalue weighted by Crippen LogP contribution is -2.45. The predicted molar refractivity (Wildman–Crippen MR) is 69.3 cm³/mol. The van der Waals surface area contributed by atoms with Gasteiger partial charge in [-0.2, -0.15) is 0 Å². The van der Waals surface area contributed by atoms with Crippen LogP contribution < -0.4 is 0 Å². The molecule has 16 heavy (non-hydrogen) atoms. The van der Waals surface area contributed by atoms with Crippen LogP contribution in [-0.4, -0.2) is 47.5 Å². The van der Waals surface area contributed by atoms with Crippen LogP contribution in [0.5, 0.6) is 0 Å². The molecule has 1 aliphatic heterocycles. The van der Waals surface area contributed by atoms with Gasteiger partial charge >= 0.3 is 0 Å². The topological polar surface area (TPSA) is 19.4 Å². The minimum atomic E-state index is 0.928. The van der Waals surface area contributed by atoms with Crippen molar-refractivity contribution in [3.8, 4) is 0 Å². The molecule has 2 heterocycles. The lowest BCUT2D eigenvalue weighted by Gasteiger charge is -2.34. The molecule has 2 rings (SSSR count). The maximum absolute atomic E-state index is 4.15. The van der Waals surface area contributed by atoms with Crippen molar-refractivity contribution in [2.45, 2.75) is 13.5 Å². The second-order valence-electron chi connectivity index (χ2n) is 4.20. The van der Waals surface area contributed by atoms with E-state index in [1.165, 1.54) is 38.3 Å². The Hall–Kier alpha value is -0.450. The fraction of sp³-hybridized carbons (Fsp3) is 0.583. The highest BCUT2D eigenvalue weighted by atomic mass is 79.9. The third-order valence-corrected chi connectivity index (χ3v) is 3.54. The van der Waals surface area contributed by atoms with E-state index >= 15 is 0 Å². The molecule has 88 valence electrons. The lowest BCUT2D eigenvalue weighted by molar-refractivity contribution is 0.132. The van der Waals surface area contributed by atoms with E-state index in [0.29, 0.717) is 0 Å². The number of piperazine rings is 1. The Morgan fingerprint density at radius 1 is 1.25 bits per heavy atom. The first kappa shape index (κ1) is 12.0. The van der Waals surface area contributed by atoms with Gasteiger partial charge in [-0.25, -0.2) is 4.98 Å². The van der Waals surface area contributed by atoms with Crippen LogP contribution >= 0.6 is 15.9 Å². The summed E-state index contributed by atoms with van der Waals surface area (Å²) in [5.74, 6) is 0. The molecule has 0 bridgehead atoms. The minimum Gasteiger partial charge on any atom is -0.301 e. The Balaban J connectivity index is 1.87. The number of rotatable bonds is 3. The highest BCUT2D eigenvalue weighted by molar-refractivity contribution is 9.10. The number of halogens is 1. The van der Waals surface area contributed by atoms with Crippen molar-refractivity contribution >= 4 is 15.9 Å². The van der Waals surface area contributed by atoms with Crippen LogP contribution in [0.3, 0.4) is 0 Å². The molecular weight excluding hydrogens is 266 g/mol. The van der Waals surface area contributed by atoms with Crippen molar-refractivity contribution < 1.29 is 0 Å². The van der Waals surface area contributed by atoms with E-state index in [-0.39, 0.29) is 0 Å². The number of hydrogen-bond donors (Lipinski definition) is 0. The maximum Gasteiger partial charge on any atom is 0.106 e. The summed E-state index contributed by atoms with van der Waals surface area (Å²) in [6.07, 6.45) is 1.86. The van der Waals surface area contributed by atoms with Gasteiger partial charge in [0.1, 0.15) is 4.60 Å². The SMILES string of the molecule is CCN1CCN(Cc2ccnc(Br)c2)CC1. The van der Waals surface area contributed by atoms with E-state index < -0.39 is 0 Å². The first-order valence-electron chi connectivity index (χ1n) is 5.83. The summed E-state index contributed by atoms with van der Waals surface area (Å²) in [5.41, 5.74) is 1.34. The molecule has 0 saturated carbocycles. The summed E-state index contributed by atoms with van der Waals surface area (Å²) >= 11 is 3.41. The second kappa shape index (κ2) is 5.75. The van der Waals surface area contributed by atoms with Gasteiger partial charge < -0.3 is 4.90 Å². The third kappa shape index (κ3) is 3.27. The summed E-state index contributed by atoms with van der Waals surface area (Å²) in [6.45, 7) is 9.19. The van der Waals surface area contributed by atoms with Crippen molar-refractivity contribution in [2.24, 2.45) is 0 Å². The van der Waals surface area contributed by atoms with Crippen molar-refractivity contribution in [3.63, 3.8) is 0 Å². The average molecular weight is 284 g/mol. The molecule has 3 nitrogen and oxygen atoms in total. The summed E-state index contributed by atoms with van der Waals surface area (Å²) < 4.78 is 0.928. The number of nitrogens with zero attached hydrogens (tertiary/aromatic N) is 3. The second-order valence-corrected chi connectivity index (χ2v) is 5.01. The Morgan fingerprint density at radius 3 is 2.56 bits per heavy atom. The van der Waals surface area contributed by atoms with Gasteiger partial charge in [0, 0.05) is 38.9 Å². The van der Waals surface area contributed by atoms with E-state index in [1.807, 2.05) is 6.20 Å². The molecule has 0 spiro atoms. The Kier molecular flexibility index (Phi) is 4.32. The van der Waals surface area contributed by atoms with Crippen LogP contribution in [0, 0.1) is 0 Å². The fourth-order valence-electron chi connectivity index (χ4n) is 2.06. The molecule has 1 aromatic rings. The number of hydrogen-bond acceptors (Lipinski definition) is 3. The van der Waals surface area contributed by atoms with Crippen molar-refractivity contribution in [3.05, 3.63) is 28.5 Å². The molecule has 0 N–H and O–H groups in total. The average Bonchev–Trinajstić information content (AvgIpc) is 2.30. The number of pyridine rings is 1. The molecule has 1 fully saturated rings. The summed E-state index contributed by atoms with van der Waals surface area (Å²) in [7, 11) is 0. The van der Waals surface area contributed by atoms with Crippen LogP contribution in [0.25, 0.3) is 0 Å². The molecule has 4 heteroatoms. The van der Waals surface area contributed by atoms with Gasteiger partial charge in [0.15, 0.2) is 0 Å². The highest BCUT2D eigenvalue weighted by Crippen LogP contribution is 2.12. The molecule has 1 aliphatic rings. The zero-order valence-corrected chi connectivity index (χ0v) is 11.3. The zero-order valence-electron chi connectivity index (χ0n) is 9.69. The minimum absolute atomic E-state index is 0.928. The van der Waals surface area contributed by atoms with Crippen LogP contribution in [0.2, 0.25) is 0 Å².